The maximum atomic E-state index is 10.3. The minimum Gasteiger partial charge on any atom is -0.303 e. The number of aldehydes is 1. The number of nitrogens with zero attached hydrogens (tertiary/aromatic N) is 2. The molecule has 0 bridgehead atoms. The summed E-state index contributed by atoms with van der Waals surface area (Å²) in [6.07, 6.45) is 3.16. The molecule has 0 aliphatic carbocycles. The molecule has 2 aromatic heterocycles. The average Bonchev–Trinajstić information content (AvgIpc) is 2.46. The van der Waals surface area contributed by atoms with Crippen molar-refractivity contribution in [1.29, 1.82) is 0 Å². The standard InChI is InChI=1S/C10H10N2O/c1-8-2-4-12-10(6-8)7-9(11-12)3-5-13/h2,4-7H,3H2,1H3. The molecule has 0 N–H and O–H groups in total. The molecule has 3 heteroatoms. The molecule has 0 saturated carbocycles. The molecule has 0 aromatic carbocycles. The molecule has 2 heterocycles. The van der Waals surface area contributed by atoms with Gasteiger partial charge in [-0.25, -0.2) is 4.52 Å². The van der Waals surface area contributed by atoms with Gasteiger partial charge in [-0.1, -0.05) is 0 Å². The quantitative estimate of drug-likeness (QED) is 0.645. The predicted molar refractivity (Wildman–Crippen MR) is 49.7 cm³/mol. The van der Waals surface area contributed by atoms with Crippen LogP contribution in [-0.4, -0.2) is 15.9 Å². The molecular weight excluding hydrogens is 164 g/mol. The number of carbonyl (C=O) groups is 1. The highest BCUT2D eigenvalue weighted by Crippen LogP contribution is 2.08. The molecule has 0 saturated heterocycles. The van der Waals surface area contributed by atoms with E-state index < -0.39 is 0 Å². The van der Waals surface area contributed by atoms with E-state index >= 15 is 0 Å². The summed E-state index contributed by atoms with van der Waals surface area (Å²) in [6.45, 7) is 2.03. The third kappa shape index (κ3) is 1.45. The van der Waals surface area contributed by atoms with E-state index in [0.717, 1.165) is 17.5 Å². The summed E-state index contributed by atoms with van der Waals surface area (Å²) < 4.78 is 1.78. The molecule has 0 fully saturated rings. The summed E-state index contributed by atoms with van der Waals surface area (Å²) in [7, 11) is 0. The van der Waals surface area contributed by atoms with Crippen molar-refractivity contribution < 1.29 is 4.79 Å². The summed E-state index contributed by atoms with van der Waals surface area (Å²) in [5.41, 5.74) is 3.06. The van der Waals surface area contributed by atoms with E-state index in [9.17, 15) is 4.79 Å². The SMILES string of the molecule is Cc1ccn2nc(CC=O)cc2c1. The van der Waals surface area contributed by atoms with Crippen LogP contribution in [0.4, 0.5) is 0 Å². The van der Waals surface area contributed by atoms with E-state index in [1.54, 1.807) is 4.52 Å². The van der Waals surface area contributed by atoms with Crippen molar-refractivity contribution in [3.63, 3.8) is 0 Å². The first-order valence-electron chi connectivity index (χ1n) is 4.18. The number of rotatable bonds is 2. The highest BCUT2D eigenvalue weighted by molar-refractivity contribution is 5.57. The molecule has 0 aliphatic heterocycles. The third-order valence-electron chi connectivity index (χ3n) is 1.96. The summed E-state index contributed by atoms with van der Waals surface area (Å²) in [6, 6.07) is 5.97. The Balaban J connectivity index is 2.55. The Morgan fingerprint density at radius 1 is 1.54 bits per heavy atom. The molecule has 0 spiro atoms. The van der Waals surface area contributed by atoms with E-state index in [1.807, 2.05) is 31.3 Å². The maximum absolute atomic E-state index is 10.3. The van der Waals surface area contributed by atoms with Crippen LogP contribution in [0.1, 0.15) is 11.3 Å². The van der Waals surface area contributed by atoms with Gasteiger partial charge in [-0.15, -0.1) is 0 Å². The molecule has 0 amide bonds. The maximum Gasteiger partial charge on any atom is 0.126 e. The lowest BCUT2D eigenvalue weighted by Gasteiger charge is -1.92. The first-order valence-corrected chi connectivity index (χ1v) is 4.18. The first kappa shape index (κ1) is 7.98. The predicted octanol–water partition coefficient (Wildman–Crippen LogP) is 1.38. The van der Waals surface area contributed by atoms with Gasteiger partial charge in [-0.2, -0.15) is 5.10 Å². The second kappa shape index (κ2) is 3.01. The van der Waals surface area contributed by atoms with Crippen LogP contribution in [-0.2, 0) is 11.2 Å². The van der Waals surface area contributed by atoms with Crippen molar-refractivity contribution >= 4 is 11.8 Å². The largest absolute Gasteiger partial charge is 0.303 e. The summed E-state index contributed by atoms with van der Waals surface area (Å²) in [5, 5.41) is 4.23. The molecule has 0 atom stereocenters. The zero-order chi connectivity index (χ0) is 9.26. The van der Waals surface area contributed by atoms with Crippen molar-refractivity contribution in [3.8, 4) is 0 Å². The smallest absolute Gasteiger partial charge is 0.126 e. The number of aromatic nitrogens is 2. The fourth-order valence-electron chi connectivity index (χ4n) is 1.34. The Morgan fingerprint density at radius 2 is 2.38 bits per heavy atom. The average molecular weight is 174 g/mol. The zero-order valence-electron chi connectivity index (χ0n) is 7.40. The van der Waals surface area contributed by atoms with Crippen molar-refractivity contribution in [1.82, 2.24) is 9.61 Å². The minimum absolute atomic E-state index is 0.390. The number of aryl methyl sites for hydroxylation is 1. The van der Waals surface area contributed by atoms with E-state index in [1.165, 1.54) is 5.56 Å². The number of hydrogen-bond acceptors (Lipinski definition) is 2. The summed E-state index contributed by atoms with van der Waals surface area (Å²) >= 11 is 0. The number of pyridine rings is 1. The molecule has 0 radical (unpaired) electrons. The normalized spacial score (nSPS) is 10.5. The van der Waals surface area contributed by atoms with Gasteiger partial charge in [0.25, 0.3) is 0 Å². The third-order valence-corrected chi connectivity index (χ3v) is 1.96. The van der Waals surface area contributed by atoms with Gasteiger partial charge in [0, 0.05) is 12.6 Å². The van der Waals surface area contributed by atoms with Gasteiger partial charge in [0.2, 0.25) is 0 Å². The lowest BCUT2D eigenvalue weighted by atomic mass is 10.2. The van der Waals surface area contributed by atoms with Crippen LogP contribution in [0.5, 0.6) is 0 Å². The fourth-order valence-corrected chi connectivity index (χ4v) is 1.34. The van der Waals surface area contributed by atoms with E-state index in [4.69, 9.17) is 0 Å². The molecule has 2 aromatic rings. The van der Waals surface area contributed by atoms with E-state index in [0.29, 0.717) is 6.42 Å². The van der Waals surface area contributed by atoms with Gasteiger partial charge < -0.3 is 4.79 Å². The molecule has 13 heavy (non-hydrogen) atoms. The lowest BCUT2D eigenvalue weighted by molar-refractivity contribution is -0.107. The van der Waals surface area contributed by atoms with Gasteiger partial charge >= 0.3 is 0 Å². The molecule has 0 aliphatic rings. The topological polar surface area (TPSA) is 34.4 Å². The molecular formula is C10H10N2O. The van der Waals surface area contributed by atoms with Crippen LogP contribution in [0.15, 0.2) is 24.4 Å². The molecule has 2 rings (SSSR count). The zero-order valence-corrected chi connectivity index (χ0v) is 7.40. The Hall–Kier alpha value is -1.64. The second-order valence-corrected chi connectivity index (χ2v) is 3.08. The van der Waals surface area contributed by atoms with Crippen LogP contribution in [0.25, 0.3) is 5.52 Å². The number of fused-ring (bicyclic) bond motifs is 1. The van der Waals surface area contributed by atoms with Crippen molar-refractivity contribution in [2.75, 3.05) is 0 Å². The first-order chi connectivity index (χ1) is 6.29. The van der Waals surface area contributed by atoms with Crippen molar-refractivity contribution in [3.05, 3.63) is 35.7 Å². The van der Waals surface area contributed by atoms with E-state index in [-0.39, 0.29) is 0 Å². The van der Waals surface area contributed by atoms with E-state index in [2.05, 4.69) is 5.10 Å². The Bertz CT molecular complexity index is 445. The van der Waals surface area contributed by atoms with Crippen LogP contribution < -0.4 is 0 Å². The molecule has 0 unspecified atom stereocenters. The van der Waals surface area contributed by atoms with Gasteiger partial charge in [0.1, 0.15) is 6.29 Å². The van der Waals surface area contributed by atoms with Gasteiger partial charge in [-0.3, -0.25) is 0 Å². The molecule has 66 valence electrons. The summed E-state index contributed by atoms with van der Waals surface area (Å²) in [5.74, 6) is 0. The Labute approximate surface area is 76.0 Å². The minimum atomic E-state index is 0.390. The van der Waals surface area contributed by atoms with Crippen LogP contribution in [0.3, 0.4) is 0 Å². The highest BCUT2D eigenvalue weighted by atomic mass is 16.1. The molecule has 3 nitrogen and oxygen atoms in total. The fraction of sp³-hybridized carbons (Fsp3) is 0.200. The highest BCUT2D eigenvalue weighted by Gasteiger charge is 1.99. The Morgan fingerprint density at radius 3 is 3.15 bits per heavy atom. The van der Waals surface area contributed by atoms with Gasteiger partial charge in [-0.05, 0) is 30.7 Å². The van der Waals surface area contributed by atoms with Crippen LogP contribution in [0, 0.1) is 6.92 Å². The van der Waals surface area contributed by atoms with Crippen molar-refractivity contribution in [2.45, 2.75) is 13.3 Å². The lowest BCUT2D eigenvalue weighted by Crippen LogP contribution is -1.89. The van der Waals surface area contributed by atoms with Gasteiger partial charge in [0.05, 0.1) is 11.2 Å². The summed E-state index contributed by atoms with van der Waals surface area (Å²) in [4.78, 5) is 10.3. The monoisotopic (exact) mass is 174 g/mol. The number of hydrogen-bond donors (Lipinski definition) is 0. The second-order valence-electron chi connectivity index (χ2n) is 3.08. The van der Waals surface area contributed by atoms with Crippen LogP contribution in [0.2, 0.25) is 0 Å². The van der Waals surface area contributed by atoms with Crippen molar-refractivity contribution in [2.24, 2.45) is 0 Å². The number of carbonyl (C=O) groups excluding carboxylic acids is 1. The van der Waals surface area contributed by atoms with Crippen LogP contribution >= 0.6 is 0 Å². The van der Waals surface area contributed by atoms with Gasteiger partial charge in [0.15, 0.2) is 0 Å². The Kier molecular flexibility index (Phi) is 1.85.